The molecule has 1 heterocycles. The van der Waals surface area contributed by atoms with Crippen molar-refractivity contribution in [2.45, 2.75) is 50.9 Å². The average molecular weight is 419 g/mol. The van der Waals surface area contributed by atoms with Gasteiger partial charge >= 0.3 is 12.4 Å². The predicted molar refractivity (Wildman–Crippen MR) is 93.7 cm³/mol. The molecule has 1 aliphatic rings. The van der Waals surface area contributed by atoms with Crippen LogP contribution in [-0.2, 0) is 24.8 Å². The van der Waals surface area contributed by atoms with Crippen molar-refractivity contribution in [3.63, 3.8) is 0 Å². The lowest BCUT2D eigenvalue weighted by Crippen LogP contribution is -2.23. The average Bonchev–Trinajstić information content (AvgIpc) is 3.02. The van der Waals surface area contributed by atoms with Crippen molar-refractivity contribution in [3.05, 3.63) is 46.3 Å². The van der Waals surface area contributed by atoms with Gasteiger partial charge in [-0.05, 0) is 34.9 Å². The number of anilines is 1. The molecule has 0 saturated heterocycles. The van der Waals surface area contributed by atoms with E-state index in [1.54, 1.807) is 6.07 Å². The largest absolute Gasteiger partial charge is 0.435 e. The summed E-state index contributed by atoms with van der Waals surface area (Å²) >= 11 is 0. The number of hydrogen-bond acceptors (Lipinski definition) is 2. The third-order valence-electron chi connectivity index (χ3n) is 5.20. The third kappa shape index (κ3) is 3.60. The van der Waals surface area contributed by atoms with Crippen molar-refractivity contribution in [3.8, 4) is 0 Å². The number of halogens is 6. The number of rotatable bonds is 2. The first-order valence-corrected chi connectivity index (χ1v) is 8.80. The highest BCUT2D eigenvalue weighted by atomic mass is 19.4. The number of carbonyl (C=O) groups excluding carboxylic acids is 1. The van der Waals surface area contributed by atoms with E-state index in [1.165, 1.54) is 6.07 Å². The van der Waals surface area contributed by atoms with E-state index in [2.05, 4.69) is 10.4 Å². The van der Waals surface area contributed by atoms with Gasteiger partial charge in [0.15, 0.2) is 11.4 Å². The van der Waals surface area contributed by atoms with Crippen LogP contribution in [-0.4, -0.2) is 15.7 Å². The molecule has 0 saturated carbocycles. The molecular weight excluding hydrogens is 400 g/mol. The summed E-state index contributed by atoms with van der Waals surface area (Å²) in [7, 11) is 0.722. The van der Waals surface area contributed by atoms with Crippen LogP contribution in [0.25, 0.3) is 0 Å². The van der Waals surface area contributed by atoms with E-state index in [4.69, 9.17) is 0 Å². The Bertz CT molecular complexity index is 972. The summed E-state index contributed by atoms with van der Waals surface area (Å²) in [5, 5.41) is 5.21. The Morgan fingerprint density at radius 3 is 2.34 bits per heavy atom. The molecule has 1 amide bonds. The summed E-state index contributed by atoms with van der Waals surface area (Å²) in [6.45, 7) is 5.88. The minimum absolute atomic E-state index is 0.0189. The van der Waals surface area contributed by atoms with Crippen LogP contribution in [0.5, 0.6) is 0 Å². The van der Waals surface area contributed by atoms with Crippen molar-refractivity contribution >= 4 is 11.6 Å². The zero-order valence-corrected chi connectivity index (χ0v) is 16.1. The Labute approximate surface area is 162 Å². The number of amides is 1. The first kappa shape index (κ1) is 21.2. The molecule has 10 heteroatoms. The molecule has 1 unspecified atom stereocenters. The number of aryl methyl sites for hydroxylation is 1. The smallest absolute Gasteiger partial charge is 0.322 e. The maximum atomic E-state index is 13.4. The second kappa shape index (κ2) is 6.50. The fourth-order valence-corrected chi connectivity index (χ4v) is 4.22. The Morgan fingerprint density at radius 1 is 1.17 bits per heavy atom. The van der Waals surface area contributed by atoms with Gasteiger partial charge < -0.3 is 5.32 Å². The molecule has 0 aliphatic heterocycles. The van der Waals surface area contributed by atoms with Gasteiger partial charge in [-0.3, -0.25) is 9.48 Å². The number of alkyl halides is 6. The van der Waals surface area contributed by atoms with E-state index < -0.39 is 35.2 Å². The highest BCUT2D eigenvalue weighted by Gasteiger charge is 2.48. The van der Waals surface area contributed by atoms with E-state index in [-0.39, 0.29) is 21.7 Å². The Hall–Kier alpha value is -2.52. The van der Waals surface area contributed by atoms with Crippen molar-refractivity contribution in [2.24, 2.45) is 7.05 Å². The lowest BCUT2D eigenvalue weighted by molar-refractivity contribution is -0.144. The summed E-state index contributed by atoms with van der Waals surface area (Å²) < 4.78 is 80.1. The second-order valence-corrected chi connectivity index (χ2v) is 7.90. The molecule has 1 aromatic carbocycles. The molecule has 2 aromatic rings. The van der Waals surface area contributed by atoms with E-state index in [0.717, 1.165) is 24.6 Å². The zero-order valence-electron chi connectivity index (χ0n) is 16.1. The van der Waals surface area contributed by atoms with Crippen molar-refractivity contribution in [1.82, 2.24) is 9.78 Å². The van der Waals surface area contributed by atoms with Gasteiger partial charge in [-0.15, -0.1) is 0 Å². The lowest BCUT2D eigenvalue weighted by Gasteiger charge is -2.19. The van der Waals surface area contributed by atoms with Gasteiger partial charge in [0.1, 0.15) is 5.56 Å². The number of nitrogens with zero attached hydrogens (tertiary/aromatic N) is 2. The lowest BCUT2D eigenvalue weighted by atomic mass is 9.86. The maximum absolute atomic E-state index is 13.4. The van der Waals surface area contributed by atoms with Crippen LogP contribution in [0.15, 0.2) is 18.2 Å². The number of nitrogens with one attached hydrogen (secondary N) is 1. The molecule has 1 aliphatic carbocycles. The van der Waals surface area contributed by atoms with Crippen molar-refractivity contribution in [1.29, 1.82) is 0 Å². The molecule has 1 N–H and O–H groups in total. The summed E-state index contributed by atoms with van der Waals surface area (Å²) in [5.41, 5.74) is -3.55. The fourth-order valence-electron chi connectivity index (χ4n) is 4.22. The van der Waals surface area contributed by atoms with E-state index in [9.17, 15) is 31.1 Å². The molecule has 158 valence electrons. The number of carbonyl (C=O) groups is 1. The normalized spacial score (nSPS) is 18.6. The fraction of sp³-hybridized carbons (Fsp3) is 0.474. The topological polar surface area (TPSA) is 46.9 Å². The third-order valence-corrected chi connectivity index (χ3v) is 5.20. The minimum atomic E-state index is -5.22. The molecule has 0 fully saturated rings. The molecule has 0 radical (unpaired) electrons. The van der Waals surface area contributed by atoms with Crippen molar-refractivity contribution < 1.29 is 31.1 Å². The van der Waals surface area contributed by atoms with Gasteiger partial charge in [0.2, 0.25) is 0 Å². The summed E-state index contributed by atoms with van der Waals surface area (Å²) in [6.07, 6.45) is -9.67. The van der Waals surface area contributed by atoms with Gasteiger partial charge in [0, 0.05) is 12.7 Å². The predicted octanol–water partition coefficient (Wildman–Crippen LogP) is 5.49. The SMILES string of the molecule is CC1CC(C)(C)c2cccc(NC(=O)c3c(C(F)(F)F)nn(C)c3C(F)(F)F)c21. The van der Waals surface area contributed by atoms with Gasteiger partial charge in [-0.25, -0.2) is 0 Å². The monoisotopic (exact) mass is 419 g/mol. The molecular formula is C19H19F6N3O. The second-order valence-electron chi connectivity index (χ2n) is 7.90. The molecule has 1 aromatic heterocycles. The quantitative estimate of drug-likeness (QED) is 0.654. The van der Waals surface area contributed by atoms with Gasteiger partial charge in [-0.2, -0.15) is 31.4 Å². The maximum Gasteiger partial charge on any atom is 0.435 e. The summed E-state index contributed by atoms with van der Waals surface area (Å²) in [4.78, 5) is 12.7. The van der Waals surface area contributed by atoms with Crippen LogP contribution >= 0.6 is 0 Å². The molecule has 0 bridgehead atoms. The van der Waals surface area contributed by atoms with Crippen LogP contribution in [0.2, 0.25) is 0 Å². The number of hydrogen-bond donors (Lipinski definition) is 1. The van der Waals surface area contributed by atoms with Crippen LogP contribution in [0.3, 0.4) is 0 Å². The van der Waals surface area contributed by atoms with E-state index in [1.807, 2.05) is 26.8 Å². The number of fused-ring (bicyclic) bond motifs is 1. The van der Waals surface area contributed by atoms with Crippen LogP contribution in [0.1, 0.15) is 66.0 Å². The zero-order chi connectivity index (χ0) is 21.9. The van der Waals surface area contributed by atoms with Gasteiger partial charge in [0.25, 0.3) is 5.91 Å². The standard InChI is InChI=1S/C19H19F6N3O/c1-9-8-17(2,3)10-6-5-7-11(12(9)10)26-16(29)13-14(18(20,21)22)27-28(4)15(13)19(23,24)25/h5-7,9H,8H2,1-4H3,(H,26,29). The molecule has 4 nitrogen and oxygen atoms in total. The van der Waals surface area contributed by atoms with Gasteiger partial charge in [0.05, 0.1) is 0 Å². The summed E-state index contributed by atoms with van der Waals surface area (Å²) in [6, 6.07) is 4.94. The Morgan fingerprint density at radius 2 is 1.79 bits per heavy atom. The Balaban J connectivity index is 2.12. The first-order valence-electron chi connectivity index (χ1n) is 8.80. The highest BCUT2D eigenvalue weighted by molar-refractivity contribution is 6.06. The minimum Gasteiger partial charge on any atom is -0.322 e. The van der Waals surface area contributed by atoms with Crippen molar-refractivity contribution in [2.75, 3.05) is 5.32 Å². The first-order chi connectivity index (χ1) is 13.1. The van der Waals surface area contributed by atoms with Crippen LogP contribution in [0.4, 0.5) is 32.0 Å². The van der Waals surface area contributed by atoms with Gasteiger partial charge in [-0.1, -0.05) is 32.9 Å². The van der Waals surface area contributed by atoms with Crippen LogP contribution < -0.4 is 5.32 Å². The molecule has 3 rings (SSSR count). The number of benzene rings is 1. The molecule has 1 atom stereocenters. The summed E-state index contributed by atoms with van der Waals surface area (Å²) in [5.74, 6) is -1.52. The van der Waals surface area contributed by atoms with E-state index >= 15 is 0 Å². The number of aromatic nitrogens is 2. The van der Waals surface area contributed by atoms with E-state index in [0.29, 0.717) is 0 Å². The molecule has 29 heavy (non-hydrogen) atoms. The van der Waals surface area contributed by atoms with Crippen LogP contribution in [0, 0.1) is 0 Å². The highest BCUT2D eigenvalue weighted by Crippen LogP contribution is 2.48. The Kier molecular flexibility index (Phi) is 4.75. The molecule has 0 spiro atoms.